The number of carboxylic acids is 1. The second-order valence-corrected chi connectivity index (χ2v) is 6.38. The lowest BCUT2D eigenvalue weighted by Gasteiger charge is -2.08. The summed E-state index contributed by atoms with van der Waals surface area (Å²) in [6.07, 6.45) is 0. The second-order valence-electron chi connectivity index (χ2n) is 3.88. The zero-order valence-electron chi connectivity index (χ0n) is 9.88. The van der Waals surface area contributed by atoms with Crippen molar-refractivity contribution in [2.24, 2.45) is 0 Å². The van der Waals surface area contributed by atoms with Gasteiger partial charge in [-0.05, 0) is 38.1 Å². The van der Waals surface area contributed by atoms with Crippen LogP contribution in [0.2, 0.25) is 0 Å². The SMILES string of the molecule is CC(C)S(=O)(=O)c1ccc(NC(=O)C(=O)O)cc1. The van der Waals surface area contributed by atoms with Crippen LogP contribution >= 0.6 is 0 Å². The molecule has 0 radical (unpaired) electrons. The van der Waals surface area contributed by atoms with Crippen molar-refractivity contribution in [2.75, 3.05) is 5.32 Å². The average molecular weight is 271 g/mol. The summed E-state index contributed by atoms with van der Waals surface area (Å²) in [6.45, 7) is 3.13. The van der Waals surface area contributed by atoms with E-state index in [1.165, 1.54) is 24.3 Å². The molecule has 0 aliphatic carbocycles. The number of benzene rings is 1. The summed E-state index contributed by atoms with van der Waals surface area (Å²) in [5.41, 5.74) is 0.227. The topological polar surface area (TPSA) is 101 Å². The maximum atomic E-state index is 11.8. The monoisotopic (exact) mass is 271 g/mol. The lowest BCUT2D eigenvalue weighted by Crippen LogP contribution is -2.21. The third kappa shape index (κ3) is 3.07. The van der Waals surface area contributed by atoms with Crippen molar-refractivity contribution >= 4 is 27.4 Å². The Kier molecular flexibility index (Phi) is 4.07. The van der Waals surface area contributed by atoms with Gasteiger partial charge in [0.25, 0.3) is 0 Å². The van der Waals surface area contributed by atoms with Gasteiger partial charge >= 0.3 is 11.9 Å². The van der Waals surface area contributed by atoms with E-state index in [1.54, 1.807) is 13.8 Å². The van der Waals surface area contributed by atoms with Crippen LogP contribution in [-0.4, -0.2) is 30.7 Å². The molecular formula is C11H13NO5S. The van der Waals surface area contributed by atoms with Crippen molar-refractivity contribution < 1.29 is 23.1 Å². The van der Waals surface area contributed by atoms with Crippen LogP contribution in [0, 0.1) is 0 Å². The molecule has 0 atom stereocenters. The number of rotatable bonds is 3. The molecule has 0 spiro atoms. The van der Waals surface area contributed by atoms with Gasteiger partial charge in [0.05, 0.1) is 10.1 Å². The van der Waals surface area contributed by atoms with E-state index in [4.69, 9.17) is 5.11 Å². The fourth-order valence-electron chi connectivity index (χ4n) is 1.18. The Bertz CT molecular complexity index is 560. The zero-order valence-corrected chi connectivity index (χ0v) is 10.7. The van der Waals surface area contributed by atoms with E-state index in [0.29, 0.717) is 0 Å². The van der Waals surface area contributed by atoms with Crippen molar-refractivity contribution in [3.8, 4) is 0 Å². The predicted octanol–water partition coefficient (Wildman–Crippen LogP) is 0.892. The van der Waals surface area contributed by atoms with E-state index >= 15 is 0 Å². The van der Waals surface area contributed by atoms with Gasteiger partial charge in [-0.2, -0.15) is 0 Å². The van der Waals surface area contributed by atoms with E-state index in [2.05, 4.69) is 5.32 Å². The lowest BCUT2D eigenvalue weighted by atomic mass is 10.3. The highest BCUT2D eigenvalue weighted by molar-refractivity contribution is 7.92. The summed E-state index contributed by atoms with van der Waals surface area (Å²) in [7, 11) is -3.37. The number of aliphatic carboxylic acids is 1. The largest absolute Gasteiger partial charge is 0.474 e. The van der Waals surface area contributed by atoms with Crippen molar-refractivity contribution in [1.29, 1.82) is 0 Å². The zero-order chi connectivity index (χ0) is 13.9. The van der Waals surface area contributed by atoms with E-state index in [1.807, 2.05) is 0 Å². The summed E-state index contributed by atoms with van der Waals surface area (Å²) in [5, 5.41) is 9.96. The van der Waals surface area contributed by atoms with Gasteiger partial charge in [-0.15, -0.1) is 0 Å². The van der Waals surface area contributed by atoms with Crippen LogP contribution in [0.25, 0.3) is 0 Å². The standard InChI is InChI=1S/C11H13NO5S/c1-7(2)18(16,17)9-5-3-8(4-6-9)12-10(13)11(14)15/h3-7H,1-2H3,(H,12,13)(H,14,15). The first-order valence-electron chi connectivity index (χ1n) is 5.13. The molecule has 0 aliphatic rings. The van der Waals surface area contributed by atoms with E-state index in [9.17, 15) is 18.0 Å². The van der Waals surface area contributed by atoms with Gasteiger partial charge in [0.2, 0.25) is 0 Å². The number of sulfone groups is 1. The molecule has 0 saturated heterocycles. The third-order valence-electron chi connectivity index (χ3n) is 2.26. The van der Waals surface area contributed by atoms with Crippen molar-refractivity contribution in [1.82, 2.24) is 0 Å². The molecule has 7 heteroatoms. The maximum Gasteiger partial charge on any atom is 0.394 e. The number of hydrogen-bond donors (Lipinski definition) is 2. The van der Waals surface area contributed by atoms with E-state index in [0.717, 1.165) is 0 Å². The molecule has 1 amide bonds. The van der Waals surface area contributed by atoms with Gasteiger partial charge in [0, 0.05) is 5.69 Å². The fourth-order valence-corrected chi connectivity index (χ4v) is 2.24. The maximum absolute atomic E-state index is 11.8. The van der Waals surface area contributed by atoms with Crippen LogP contribution in [0.15, 0.2) is 29.2 Å². The smallest absolute Gasteiger partial charge is 0.394 e. The van der Waals surface area contributed by atoms with Crippen LogP contribution in [-0.2, 0) is 19.4 Å². The van der Waals surface area contributed by atoms with Gasteiger partial charge < -0.3 is 10.4 Å². The number of nitrogens with one attached hydrogen (secondary N) is 1. The Hall–Kier alpha value is -1.89. The molecule has 6 nitrogen and oxygen atoms in total. The van der Waals surface area contributed by atoms with Gasteiger partial charge in [-0.25, -0.2) is 13.2 Å². The molecule has 0 aromatic heterocycles. The van der Waals surface area contributed by atoms with Crippen LogP contribution in [0.1, 0.15) is 13.8 Å². The molecule has 1 aromatic rings. The first-order valence-corrected chi connectivity index (χ1v) is 6.68. The molecule has 0 unspecified atom stereocenters. The van der Waals surface area contributed by atoms with Crippen LogP contribution in [0.4, 0.5) is 5.69 Å². The Labute approximate surface area is 105 Å². The number of amides is 1. The van der Waals surface area contributed by atoms with Crippen molar-refractivity contribution in [2.45, 2.75) is 24.0 Å². The van der Waals surface area contributed by atoms with Gasteiger partial charge in [0.15, 0.2) is 9.84 Å². The summed E-state index contributed by atoms with van der Waals surface area (Å²) >= 11 is 0. The minimum atomic E-state index is -3.37. The summed E-state index contributed by atoms with van der Waals surface area (Å²) < 4.78 is 23.6. The molecule has 0 fully saturated rings. The number of hydrogen-bond acceptors (Lipinski definition) is 4. The van der Waals surface area contributed by atoms with Gasteiger partial charge in [0.1, 0.15) is 0 Å². The fraction of sp³-hybridized carbons (Fsp3) is 0.273. The minimum absolute atomic E-state index is 0.130. The molecule has 0 saturated carbocycles. The molecule has 18 heavy (non-hydrogen) atoms. The summed E-state index contributed by atoms with van der Waals surface area (Å²) in [4.78, 5) is 21.3. The van der Waals surface area contributed by atoms with Crippen molar-refractivity contribution in [3.63, 3.8) is 0 Å². The van der Waals surface area contributed by atoms with E-state index < -0.39 is 27.0 Å². The van der Waals surface area contributed by atoms with Gasteiger partial charge in [-0.1, -0.05) is 0 Å². The Morgan fingerprint density at radius 1 is 1.17 bits per heavy atom. The molecule has 1 rings (SSSR count). The second kappa shape index (κ2) is 5.18. The van der Waals surface area contributed by atoms with Gasteiger partial charge in [-0.3, -0.25) is 4.79 Å². The highest BCUT2D eigenvalue weighted by atomic mass is 32.2. The quantitative estimate of drug-likeness (QED) is 0.795. The summed E-state index contributed by atoms with van der Waals surface area (Å²) in [5.74, 6) is -2.77. The summed E-state index contributed by atoms with van der Waals surface area (Å²) in [6, 6.07) is 5.34. The highest BCUT2D eigenvalue weighted by Gasteiger charge is 2.19. The molecule has 98 valence electrons. The molecule has 2 N–H and O–H groups in total. The number of carboxylic acid groups (broad SMARTS) is 1. The van der Waals surface area contributed by atoms with Crippen LogP contribution in [0.3, 0.4) is 0 Å². The molecule has 0 aliphatic heterocycles. The molecule has 1 aromatic carbocycles. The molecule has 0 bridgehead atoms. The normalized spacial score (nSPS) is 11.3. The highest BCUT2D eigenvalue weighted by Crippen LogP contribution is 2.18. The molecular weight excluding hydrogens is 258 g/mol. The predicted molar refractivity (Wildman–Crippen MR) is 65.0 cm³/mol. The number of carbonyl (C=O) groups is 2. The molecule has 0 heterocycles. The lowest BCUT2D eigenvalue weighted by molar-refractivity contribution is -0.147. The van der Waals surface area contributed by atoms with Crippen molar-refractivity contribution in [3.05, 3.63) is 24.3 Å². The van der Waals surface area contributed by atoms with E-state index in [-0.39, 0.29) is 10.6 Å². The Morgan fingerprint density at radius 2 is 1.67 bits per heavy atom. The first kappa shape index (κ1) is 14.2. The van der Waals surface area contributed by atoms with Crippen LogP contribution in [0.5, 0.6) is 0 Å². The van der Waals surface area contributed by atoms with Crippen LogP contribution < -0.4 is 5.32 Å². The number of carbonyl (C=O) groups excluding carboxylic acids is 1. The average Bonchev–Trinajstić information content (AvgIpc) is 2.29. The first-order chi connectivity index (χ1) is 8.25. The number of anilines is 1. The Morgan fingerprint density at radius 3 is 2.06 bits per heavy atom. The minimum Gasteiger partial charge on any atom is -0.474 e. The third-order valence-corrected chi connectivity index (χ3v) is 4.43. The Balaban J connectivity index is 2.94.